The molecule has 0 aliphatic rings. The SMILES string of the molecule is CCOC(=O)c1[nH]c(-c2ccccc2)nc1-c1ccc(Cl)cc1. The molecule has 0 bridgehead atoms. The van der Waals surface area contributed by atoms with Crippen molar-refractivity contribution in [3.63, 3.8) is 0 Å². The van der Waals surface area contributed by atoms with Crippen LogP contribution >= 0.6 is 11.6 Å². The van der Waals surface area contributed by atoms with Crippen molar-refractivity contribution in [2.45, 2.75) is 6.92 Å². The number of rotatable bonds is 4. The Kier molecular flexibility index (Phi) is 4.44. The number of H-pyrrole nitrogens is 1. The fourth-order valence-electron chi connectivity index (χ4n) is 2.27. The Balaban J connectivity index is 2.10. The number of aromatic amines is 1. The van der Waals surface area contributed by atoms with Crippen LogP contribution in [0.2, 0.25) is 5.02 Å². The zero-order valence-corrected chi connectivity index (χ0v) is 13.3. The number of carbonyl (C=O) groups excluding carboxylic acids is 1. The molecular weight excluding hydrogens is 312 g/mol. The molecule has 5 heteroatoms. The van der Waals surface area contributed by atoms with Gasteiger partial charge in [-0.15, -0.1) is 0 Å². The molecule has 0 amide bonds. The van der Waals surface area contributed by atoms with Crippen molar-refractivity contribution < 1.29 is 9.53 Å². The highest BCUT2D eigenvalue weighted by Gasteiger charge is 2.20. The van der Waals surface area contributed by atoms with E-state index < -0.39 is 5.97 Å². The lowest BCUT2D eigenvalue weighted by Crippen LogP contribution is -2.06. The molecule has 0 radical (unpaired) electrons. The minimum atomic E-state index is -0.424. The maximum atomic E-state index is 12.2. The lowest BCUT2D eigenvalue weighted by Gasteiger charge is -2.02. The number of benzene rings is 2. The van der Waals surface area contributed by atoms with Gasteiger partial charge in [0.1, 0.15) is 11.5 Å². The fourth-order valence-corrected chi connectivity index (χ4v) is 2.40. The molecule has 23 heavy (non-hydrogen) atoms. The summed E-state index contributed by atoms with van der Waals surface area (Å²) >= 11 is 5.93. The standard InChI is InChI=1S/C18H15ClN2O2/c1-2-23-18(22)16-15(12-8-10-14(19)11-9-12)20-17(21-16)13-6-4-3-5-7-13/h3-11H,2H2,1H3,(H,20,21). The van der Waals surface area contributed by atoms with Crippen LogP contribution in [0.3, 0.4) is 0 Å². The van der Waals surface area contributed by atoms with E-state index in [2.05, 4.69) is 9.97 Å². The Morgan fingerprint density at radius 3 is 2.43 bits per heavy atom. The van der Waals surface area contributed by atoms with E-state index in [-0.39, 0.29) is 0 Å². The average molecular weight is 327 g/mol. The van der Waals surface area contributed by atoms with Crippen molar-refractivity contribution in [2.75, 3.05) is 6.61 Å². The number of imidazole rings is 1. The maximum Gasteiger partial charge on any atom is 0.357 e. The normalized spacial score (nSPS) is 10.5. The third-order valence-corrected chi connectivity index (χ3v) is 3.60. The fraction of sp³-hybridized carbons (Fsp3) is 0.111. The van der Waals surface area contributed by atoms with E-state index in [9.17, 15) is 4.79 Å². The largest absolute Gasteiger partial charge is 0.461 e. The Morgan fingerprint density at radius 1 is 1.09 bits per heavy atom. The molecule has 0 spiro atoms. The zero-order valence-electron chi connectivity index (χ0n) is 12.5. The number of nitrogens with zero attached hydrogens (tertiary/aromatic N) is 1. The van der Waals surface area contributed by atoms with Gasteiger partial charge in [-0.25, -0.2) is 9.78 Å². The van der Waals surface area contributed by atoms with E-state index in [1.54, 1.807) is 19.1 Å². The molecule has 1 aromatic heterocycles. The van der Waals surface area contributed by atoms with E-state index in [4.69, 9.17) is 16.3 Å². The molecule has 0 atom stereocenters. The smallest absolute Gasteiger partial charge is 0.357 e. The van der Waals surface area contributed by atoms with Gasteiger partial charge in [-0.1, -0.05) is 54.1 Å². The topological polar surface area (TPSA) is 55.0 Å². The number of hydrogen-bond acceptors (Lipinski definition) is 3. The van der Waals surface area contributed by atoms with Gasteiger partial charge in [0.25, 0.3) is 0 Å². The first-order valence-corrected chi connectivity index (χ1v) is 7.65. The first-order chi connectivity index (χ1) is 11.2. The van der Waals surface area contributed by atoms with Gasteiger partial charge in [-0.2, -0.15) is 0 Å². The third-order valence-electron chi connectivity index (χ3n) is 3.35. The predicted octanol–water partition coefficient (Wildman–Crippen LogP) is 4.57. The second kappa shape index (κ2) is 6.67. The van der Waals surface area contributed by atoms with Crippen molar-refractivity contribution in [1.29, 1.82) is 0 Å². The molecule has 1 N–H and O–H groups in total. The monoisotopic (exact) mass is 326 g/mol. The maximum absolute atomic E-state index is 12.2. The quantitative estimate of drug-likeness (QED) is 0.714. The molecule has 2 aromatic carbocycles. The summed E-state index contributed by atoms with van der Waals surface area (Å²) in [4.78, 5) is 19.9. The van der Waals surface area contributed by atoms with E-state index in [1.165, 1.54) is 0 Å². The molecule has 1 heterocycles. The van der Waals surface area contributed by atoms with Crippen molar-refractivity contribution in [3.8, 4) is 22.6 Å². The van der Waals surface area contributed by atoms with Crippen LogP contribution < -0.4 is 0 Å². The van der Waals surface area contributed by atoms with E-state index in [1.807, 2.05) is 42.5 Å². The number of hydrogen-bond donors (Lipinski definition) is 1. The van der Waals surface area contributed by atoms with Crippen LogP contribution in [0.1, 0.15) is 17.4 Å². The number of aromatic nitrogens is 2. The lowest BCUT2D eigenvalue weighted by atomic mass is 10.1. The predicted molar refractivity (Wildman–Crippen MR) is 90.4 cm³/mol. The molecule has 0 saturated carbocycles. The Hall–Kier alpha value is -2.59. The van der Waals surface area contributed by atoms with Gasteiger partial charge in [0.05, 0.1) is 6.61 Å². The van der Waals surface area contributed by atoms with Crippen LogP contribution in [0.25, 0.3) is 22.6 Å². The Bertz CT molecular complexity index is 811. The van der Waals surface area contributed by atoms with Crippen molar-refractivity contribution in [3.05, 3.63) is 65.3 Å². The highest BCUT2D eigenvalue weighted by Crippen LogP contribution is 2.27. The summed E-state index contributed by atoms with van der Waals surface area (Å²) in [5.41, 5.74) is 2.60. The molecule has 116 valence electrons. The highest BCUT2D eigenvalue weighted by molar-refractivity contribution is 6.30. The van der Waals surface area contributed by atoms with Gasteiger partial charge in [0, 0.05) is 16.1 Å². The van der Waals surface area contributed by atoms with Crippen LogP contribution in [-0.4, -0.2) is 22.5 Å². The number of halogens is 1. The summed E-state index contributed by atoms with van der Waals surface area (Å²) in [6, 6.07) is 16.8. The second-order valence-electron chi connectivity index (χ2n) is 4.90. The van der Waals surface area contributed by atoms with Crippen LogP contribution in [0.5, 0.6) is 0 Å². The van der Waals surface area contributed by atoms with Crippen molar-refractivity contribution in [1.82, 2.24) is 9.97 Å². The van der Waals surface area contributed by atoms with Gasteiger partial charge < -0.3 is 9.72 Å². The van der Waals surface area contributed by atoms with Crippen molar-refractivity contribution >= 4 is 17.6 Å². The molecular formula is C18H15ClN2O2. The van der Waals surface area contributed by atoms with Crippen LogP contribution in [0.4, 0.5) is 0 Å². The second-order valence-corrected chi connectivity index (χ2v) is 5.34. The molecule has 4 nitrogen and oxygen atoms in total. The minimum Gasteiger partial charge on any atom is -0.461 e. The molecule has 0 aliphatic heterocycles. The first-order valence-electron chi connectivity index (χ1n) is 7.27. The van der Waals surface area contributed by atoms with E-state index in [0.717, 1.165) is 11.1 Å². The minimum absolute atomic E-state index is 0.304. The lowest BCUT2D eigenvalue weighted by molar-refractivity contribution is 0.0521. The third kappa shape index (κ3) is 3.27. The van der Waals surface area contributed by atoms with Gasteiger partial charge in [-0.05, 0) is 19.1 Å². The zero-order chi connectivity index (χ0) is 16.2. The van der Waals surface area contributed by atoms with Gasteiger partial charge in [0.2, 0.25) is 0 Å². The van der Waals surface area contributed by atoms with E-state index in [0.29, 0.717) is 28.8 Å². The average Bonchev–Trinajstić information content (AvgIpc) is 3.02. The molecule has 0 unspecified atom stereocenters. The number of carbonyl (C=O) groups is 1. The summed E-state index contributed by atoms with van der Waals surface area (Å²) in [7, 11) is 0. The van der Waals surface area contributed by atoms with Gasteiger partial charge >= 0.3 is 5.97 Å². The summed E-state index contributed by atoms with van der Waals surface area (Å²) in [5.74, 6) is 0.200. The number of nitrogens with one attached hydrogen (secondary N) is 1. The molecule has 3 rings (SSSR count). The highest BCUT2D eigenvalue weighted by atomic mass is 35.5. The summed E-state index contributed by atoms with van der Waals surface area (Å²) in [6.45, 7) is 2.08. The number of esters is 1. The Labute approximate surface area is 139 Å². The van der Waals surface area contributed by atoms with Gasteiger partial charge in [-0.3, -0.25) is 0 Å². The van der Waals surface area contributed by atoms with Crippen molar-refractivity contribution in [2.24, 2.45) is 0 Å². The number of ether oxygens (including phenoxy) is 1. The van der Waals surface area contributed by atoms with Gasteiger partial charge in [0.15, 0.2) is 5.69 Å². The molecule has 0 aliphatic carbocycles. The summed E-state index contributed by atoms with van der Waals surface area (Å²) in [6.07, 6.45) is 0. The summed E-state index contributed by atoms with van der Waals surface area (Å²) in [5, 5.41) is 0.630. The molecule has 0 fully saturated rings. The molecule has 3 aromatic rings. The molecule has 0 saturated heterocycles. The van der Waals surface area contributed by atoms with E-state index >= 15 is 0 Å². The first kappa shape index (κ1) is 15.3. The van der Waals surface area contributed by atoms with Crippen LogP contribution in [0, 0.1) is 0 Å². The van der Waals surface area contributed by atoms with Crippen LogP contribution in [-0.2, 0) is 4.74 Å². The van der Waals surface area contributed by atoms with Crippen LogP contribution in [0.15, 0.2) is 54.6 Å². The Morgan fingerprint density at radius 2 is 1.78 bits per heavy atom. The summed E-state index contributed by atoms with van der Waals surface area (Å²) < 4.78 is 5.13.